The van der Waals surface area contributed by atoms with Crippen molar-refractivity contribution in [1.29, 1.82) is 0 Å². The Hall–Kier alpha value is -0.920. The zero-order valence-electron chi connectivity index (χ0n) is 12.6. The average Bonchev–Trinajstić information content (AvgIpc) is 2.45. The summed E-state index contributed by atoms with van der Waals surface area (Å²) in [5, 5.41) is 0. The summed E-state index contributed by atoms with van der Waals surface area (Å²) in [6.45, 7) is 2.23. The van der Waals surface area contributed by atoms with Gasteiger partial charge in [-0.1, -0.05) is 45.1 Å². The van der Waals surface area contributed by atoms with Gasteiger partial charge in [0.05, 0.1) is 0 Å². The minimum absolute atomic E-state index is 0.383. The van der Waals surface area contributed by atoms with Gasteiger partial charge in [0, 0.05) is 6.07 Å². The predicted octanol–water partition coefficient (Wildman–Crippen LogP) is 6.04. The van der Waals surface area contributed by atoms with E-state index in [1.54, 1.807) is 6.07 Å². The van der Waals surface area contributed by atoms with Crippen molar-refractivity contribution in [2.24, 2.45) is 5.41 Å². The first-order valence-corrected chi connectivity index (χ1v) is 8.09. The van der Waals surface area contributed by atoms with Crippen LogP contribution in [0.2, 0.25) is 0 Å². The Kier molecular flexibility index (Phi) is 5.56. The second kappa shape index (κ2) is 7.19. The average molecular weight is 280 g/mol. The monoisotopic (exact) mass is 280 g/mol. The molecule has 0 spiro atoms. The highest BCUT2D eigenvalue weighted by Gasteiger charge is 2.31. The van der Waals surface area contributed by atoms with Gasteiger partial charge in [0.2, 0.25) is 0 Å². The third kappa shape index (κ3) is 4.04. The molecule has 0 amide bonds. The molecule has 1 aliphatic carbocycles. The first-order chi connectivity index (χ1) is 9.65. The molecule has 20 heavy (non-hydrogen) atoms. The van der Waals surface area contributed by atoms with Gasteiger partial charge in [-0.3, -0.25) is 0 Å². The van der Waals surface area contributed by atoms with E-state index in [9.17, 15) is 8.78 Å². The zero-order valence-corrected chi connectivity index (χ0v) is 12.6. The molecule has 2 heteroatoms. The van der Waals surface area contributed by atoms with Crippen LogP contribution in [0.15, 0.2) is 18.2 Å². The van der Waals surface area contributed by atoms with Crippen molar-refractivity contribution in [1.82, 2.24) is 0 Å². The summed E-state index contributed by atoms with van der Waals surface area (Å²) in [6.07, 6.45) is 12.1. The van der Waals surface area contributed by atoms with E-state index in [0.717, 1.165) is 18.9 Å². The molecule has 1 fully saturated rings. The highest BCUT2D eigenvalue weighted by molar-refractivity contribution is 5.18. The molecule has 0 nitrogen and oxygen atoms in total. The van der Waals surface area contributed by atoms with Crippen molar-refractivity contribution >= 4 is 0 Å². The summed E-state index contributed by atoms with van der Waals surface area (Å²) in [6, 6.07) is 3.99. The molecular formula is C18H26F2. The van der Waals surface area contributed by atoms with E-state index in [1.807, 2.05) is 0 Å². The molecule has 1 saturated carbocycles. The Morgan fingerprint density at radius 1 is 1.05 bits per heavy atom. The lowest BCUT2D eigenvalue weighted by atomic mass is 9.68. The van der Waals surface area contributed by atoms with Crippen molar-refractivity contribution in [2.75, 3.05) is 0 Å². The van der Waals surface area contributed by atoms with E-state index < -0.39 is 5.82 Å². The molecule has 1 aliphatic rings. The first-order valence-electron chi connectivity index (χ1n) is 8.09. The summed E-state index contributed by atoms with van der Waals surface area (Å²) >= 11 is 0. The van der Waals surface area contributed by atoms with E-state index in [-0.39, 0.29) is 5.82 Å². The van der Waals surface area contributed by atoms with Crippen LogP contribution in [0, 0.1) is 17.0 Å². The molecule has 112 valence electrons. The lowest BCUT2D eigenvalue weighted by Crippen LogP contribution is -2.25. The van der Waals surface area contributed by atoms with Gasteiger partial charge in [-0.15, -0.1) is 0 Å². The number of unbranched alkanes of at least 4 members (excludes halogenated alkanes) is 1. The maximum atomic E-state index is 13.7. The molecule has 2 rings (SSSR count). The second-order valence-electron chi connectivity index (χ2n) is 6.40. The normalized spacial score (nSPS) is 18.1. The largest absolute Gasteiger partial charge is 0.207 e. The van der Waals surface area contributed by atoms with Gasteiger partial charge in [-0.05, 0) is 49.1 Å². The molecule has 0 N–H and O–H groups in total. The molecule has 0 unspecified atom stereocenters. The van der Waals surface area contributed by atoms with Gasteiger partial charge in [0.25, 0.3) is 0 Å². The van der Waals surface area contributed by atoms with Gasteiger partial charge < -0.3 is 0 Å². The third-order valence-corrected chi connectivity index (χ3v) is 4.91. The molecule has 0 aliphatic heterocycles. The summed E-state index contributed by atoms with van der Waals surface area (Å²) in [5.74, 6) is -0.865. The van der Waals surface area contributed by atoms with Gasteiger partial charge in [-0.2, -0.15) is 0 Å². The maximum Gasteiger partial charge on any atom is 0.129 e. The number of rotatable bonds is 6. The number of hydrogen-bond donors (Lipinski definition) is 0. The molecule has 0 bridgehead atoms. The predicted molar refractivity (Wildman–Crippen MR) is 79.7 cm³/mol. The van der Waals surface area contributed by atoms with Crippen LogP contribution >= 0.6 is 0 Å². The fraction of sp³-hybridized carbons (Fsp3) is 0.667. The van der Waals surface area contributed by atoms with E-state index in [4.69, 9.17) is 0 Å². The van der Waals surface area contributed by atoms with Crippen molar-refractivity contribution in [3.05, 3.63) is 35.4 Å². The van der Waals surface area contributed by atoms with E-state index in [2.05, 4.69) is 6.92 Å². The third-order valence-electron chi connectivity index (χ3n) is 4.91. The van der Waals surface area contributed by atoms with Crippen LogP contribution in [0.5, 0.6) is 0 Å². The molecule has 1 aromatic rings. The summed E-state index contributed by atoms with van der Waals surface area (Å²) in [5.41, 5.74) is 1.09. The van der Waals surface area contributed by atoms with E-state index >= 15 is 0 Å². The fourth-order valence-corrected chi connectivity index (χ4v) is 3.60. The summed E-state index contributed by atoms with van der Waals surface area (Å²) < 4.78 is 26.7. The van der Waals surface area contributed by atoms with Crippen molar-refractivity contribution < 1.29 is 8.78 Å². The van der Waals surface area contributed by atoms with E-state index in [0.29, 0.717) is 11.0 Å². The Morgan fingerprint density at radius 3 is 2.45 bits per heavy atom. The second-order valence-corrected chi connectivity index (χ2v) is 6.40. The van der Waals surface area contributed by atoms with Crippen molar-refractivity contribution in [3.63, 3.8) is 0 Å². The Balaban J connectivity index is 2.00. The standard InChI is InChI=1S/C18H26F2/c1-2-3-10-18(11-5-4-6-12-18)13-9-15-7-8-16(19)14-17(15)20/h7-8,14H,2-6,9-13H2,1H3. The van der Waals surface area contributed by atoms with Crippen LogP contribution in [0.25, 0.3) is 0 Å². The lowest BCUT2D eigenvalue weighted by molar-refractivity contribution is 0.153. The molecule has 0 heterocycles. The first kappa shape index (κ1) is 15.5. The van der Waals surface area contributed by atoms with Gasteiger partial charge in [-0.25, -0.2) is 8.78 Å². The van der Waals surface area contributed by atoms with Gasteiger partial charge in [0.15, 0.2) is 0 Å². The summed E-state index contributed by atoms with van der Waals surface area (Å²) in [7, 11) is 0. The number of hydrogen-bond acceptors (Lipinski definition) is 0. The smallest absolute Gasteiger partial charge is 0.129 e. The molecule has 1 aromatic carbocycles. The number of halogens is 2. The quantitative estimate of drug-likeness (QED) is 0.596. The zero-order chi connectivity index (χ0) is 14.4. The minimum Gasteiger partial charge on any atom is -0.207 e. The van der Waals surface area contributed by atoms with Crippen LogP contribution < -0.4 is 0 Å². The van der Waals surface area contributed by atoms with E-state index in [1.165, 1.54) is 57.4 Å². The highest BCUT2D eigenvalue weighted by Crippen LogP contribution is 2.44. The Labute approximate surface area is 121 Å². The number of aryl methyl sites for hydroxylation is 1. The van der Waals surface area contributed by atoms with Crippen LogP contribution in [0.4, 0.5) is 8.78 Å². The van der Waals surface area contributed by atoms with Crippen molar-refractivity contribution in [2.45, 2.75) is 71.1 Å². The van der Waals surface area contributed by atoms with Crippen LogP contribution in [0.1, 0.15) is 70.3 Å². The van der Waals surface area contributed by atoms with Gasteiger partial charge in [0.1, 0.15) is 11.6 Å². The summed E-state index contributed by atoms with van der Waals surface area (Å²) in [4.78, 5) is 0. The SMILES string of the molecule is CCCCC1(CCc2ccc(F)cc2F)CCCCC1. The highest BCUT2D eigenvalue weighted by atomic mass is 19.1. The lowest BCUT2D eigenvalue weighted by Gasteiger charge is -2.38. The van der Waals surface area contributed by atoms with Crippen molar-refractivity contribution in [3.8, 4) is 0 Å². The fourth-order valence-electron chi connectivity index (χ4n) is 3.60. The molecule has 0 saturated heterocycles. The molecular weight excluding hydrogens is 254 g/mol. The van der Waals surface area contributed by atoms with Crippen LogP contribution in [-0.4, -0.2) is 0 Å². The topological polar surface area (TPSA) is 0 Å². The van der Waals surface area contributed by atoms with Crippen LogP contribution in [-0.2, 0) is 6.42 Å². The Bertz CT molecular complexity index is 419. The minimum atomic E-state index is -0.482. The Morgan fingerprint density at radius 2 is 1.80 bits per heavy atom. The maximum absolute atomic E-state index is 13.7. The molecule has 0 atom stereocenters. The van der Waals surface area contributed by atoms with Gasteiger partial charge >= 0.3 is 0 Å². The van der Waals surface area contributed by atoms with Crippen LogP contribution in [0.3, 0.4) is 0 Å². The molecule has 0 radical (unpaired) electrons. The molecule has 0 aromatic heterocycles. The number of benzene rings is 1.